The molecular formula is C20H30N4O4. The maximum absolute atomic E-state index is 12.6. The van der Waals surface area contributed by atoms with E-state index in [1.165, 1.54) is 6.07 Å². The molecule has 3 rings (SSSR count). The Morgan fingerprint density at radius 3 is 2.75 bits per heavy atom. The minimum atomic E-state index is -0.245. The Balaban J connectivity index is 1.48. The van der Waals surface area contributed by atoms with Crippen molar-refractivity contribution >= 4 is 11.8 Å². The van der Waals surface area contributed by atoms with Gasteiger partial charge in [-0.1, -0.05) is 6.92 Å². The molecule has 3 heterocycles. The monoisotopic (exact) mass is 390 g/mol. The number of H-pyrrole nitrogens is 1. The molecule has 0 aliphatic carbocycles. The summed E-state index contributed by atoms with van der Waals surface area (Å²) in [6, 6.07) is 3.20. The van der Waals surface area contributed by atoms with Crippen molar-refractivity contribution in [2.75, 3.05) is 26.3 Å². The van der Waals surface area contributed by atoms with Gasteiger partial charge in [-0.3, -0.25) is 14.4 Å². The van der Waals surface area contributed by atoms with Crippen molar-refractivity contribution in [1.29, 1.82) is 0 Å². The van der Waals surface area contributed by atoms with E-state index < -0.39 is 0 Å². The summed E-state index contributed by atoms with van der Waals surface area (Å²) in [7, 11) is 0. The number of piperidine rings is 1. The Labute approximate surface area is 165 Å². The zero-order valence-electron chi connectivity index (χ0n) is 16.5. The van der Waals surface area contributed by atoms with Crippen LogP contribution in [0.4, 0.5) is 0 Å². The van der Waals surface area contributed by atoms with Gasteiger partial charge in [-0.15, -0.1) is 0 Å². The summed E-state index contributed by atoms with van der Waals surface area (Å²) >= 11 is 0. The lowest BCUT2D eigenvalue weighted by Crippen LogP contribution is -2.53. The average molecular weight is 390 g/mol. The van der Waals surface area contributed by atoms with E-state index in [0.717, 1.165) is 25.7 Å². The summed E-state index contributed by atoms with van der Waals surface area (Å²) in [5.74, 6) is 0.555. The minimum Gasteiger partial charge on any atom is -0.381 e. The van der Waals surface area contributed by atoms with Gasteiger partial charge in [0.05, 0.1) is 5.69 Å². The van der Waals surface area contributed by atoms with E-state index in [2.05, 4.69) is 22.4 Å². The normalized spacial score (nSPS) is 23.4. The number of likely N-dealkylation sites (tertiary alicyclic amines) is 1. The predicted octanol–water partition coefficient (Wildman–Crippen LogP) is 0.872. The number of carbonyl (C=O) groups is 2. The summed E-state index contributed by atoms with van der Waals surface area (Å²) in [5.41, 5.74) is 0.462. The van der Waals surface area contributed by atoms with Crippen LogP contribution < -0.4 is 10.9 Å². The fraction of sp³-hybridized carbons (Fsp3) is 0.700. The number of nitrogens with one attached hydrogen (secondary N) is 2. The SMILES string of the molecule is CC[C@@H]1CN(C(=O)CCc2ccc(=O)[nH]n2)CC[C@@H]1NC(=O)C1CCOCC1. The molecule has 154 valence electrons. The molecule has 1 aromatic heterocycles. The molecule has 0 bridgehead atoms. The lowest BCUT2D eigenvalue weighted by Gasteiger charge is -2.39. The van der Waals surface area contributed by atoms with Crippen molar-refractivity contribution in [2.24, 2.45) is 11.8 Å². The van der Waals surface area contributed by atoms with Crippen LogP contribution in [0.3, 0.4) is 0 Å². The first-order valence-corrected chi connectivity index (χ1v) is 10.3. The molecule has 2 saturated heterocycles. The molecule has 8 nitrogen and oxygen atoms in total. The number of amides is 2. The summed E-state index contributed by atoms with van der Waals surface area (Å²) < 4.78 is 5.34. The van der Waals surface area contributed by atoms with E-state index in [9.17, 15) is 14.4 Å². The second-order valence-electron chi connectivity index (χ2n) is 7.71. The first-order valence-electron chi connectivity index (χ1n) is 10.3. The van der Waals surface area contributed by atoms with E-state index in [4.69, 9.17) is 4.74 Å². The number of hydrogen-bond donors (Lipinski definition) is 2. The Hall–Kier alpha value is -2.22. The number of hydrogen-bond acceptors (Lipinski definition) is 5. The molecule has 1 aromatic rings. The van der Waals surface area contributed by atoms with Crippen LogP contribution in [0, 0.1) is 11.8 Å². The number of aryl methyl sites for hydroxylation is 1. The van der Waals surface area contributed by atoms with Gasteiger partial charge in [-0.2, -0.15) is 5.10 Å². The van der Waals surface area contributed by atoms with Gasteiger partial charge < -0.3 is 15.0 Å². The first kappa shape index (κ1) is 20.5. The number of rotatable bonds is 6. The van der Waals surface area contributed by atoms with Crippen LogP contribution in [-0.2, 0) is 20.7 Å². The number of aromatic nitrogens is 2. The van der Waals surface area contributed by atoms with Crippen molar-refractivity contribution in [3.8, 4) is 0 Å². The fourth-order valence-corrected chi connectivity index (χ4v) is 4.03. The minimum absolute atomic E-state index is 0.0516. The summed E-state index contributed by atoms with van der Waals surface area (Å²) in [4.78, 5) is 38.1. The van der Waals surface area contributed by atoms with E-state index in [1.807, 2.05) is 4.90 Å². The molecule has 0 unspecified atom stereocenters. The third kappa shape index (κ3) is 5.41. The Kier molecular flexibility index (Phi) is 7.19. The van der Waals surface area contributed by atoms with E-state index in [0.29, 0.717) is 44.8 Å². The third-order valence-electron chi connectivity index (χ3n) is 5.86. The summed E-state index contributed by atoms with van der Waals surface area (Å²) in [6.45, 7) is 4.76. The van der Waals surface area contributed by atoms with Crippen LogP contribution in [0.25, 0.3) is 0 Å². The van der Waals surface area contributed by atoms with Crippen molar-refractivity contribution in [2.45, 2.75) is 51.5 Å². The van der Waals surface area contributed by atoms with Gasteiger partial charge in [0.1, 0.15) is 0 Å². The number of carbonyl (C=O) groups excluding carboxylic acids is 2. The standard InChI is InChI=1S/C20H30N4O4/c1-2-14-13-24(19(26)6-4-16-3-5-18(25)23-22-16)10-7-17(14)21-20(27)15-8-11-28-12-9-15/h3,5,14-15,17H,2,4,6-13H2,1H3,(H,21,27)(H,23,25)/t14-,17+/m1/s1. The van der Waals surface area contributed by atoms with Crippen LogP contribution in [0.5, 0.6) is 0 Å². The van der Waals surface area contributed by atoms with Crippen LogP contribution in [0.1, 0.15) is 44.7 Å². The highest BCUT2D eigenvalue weighted by Crippen LogP contribution is 2.23. The molecule has 2 aliphatic heterocycles. The van der Waals surface area contributed by atoms with Crippen LogP contribution in [0.15, 0.2) is 16.9 Å². The molecule has 0 saturated carbocycles. The van der Waals surface area contributed by atoms with Gasteiger partial charge >= 0.3 is 0 Å². The fourth-order valence-electron chi connectivity index (χ4n) is 4.03. The maximum atomic E-state index is 12.6. The third-order valence-corrected chi connectivity index (χ3v) is 5.86. The summed E-state index contributed by atoms with van der Waals surface area (Å²) in [5, 5.41) is 9.58. The second-order valence-corrected chi connectivity index (χ2v) is 7.71. The van der Waals surface area contributed by atoms with Gasteiger partial charge in [0.2, 0.25) is 11.8 Å². The summed E-state index contributed by atoms with van der Waals surface area (Å²) in [6.07, 6.45) is 4.17. The van der Waals surface area contributed by atoms with Crippen molar-refractivity contribution in [3.63, 3.8) is 0 Å². The molecule has 0 spiro atoms. The van der Waals surface area contributed by atoms with E-state index in [1.54, 1.807) is 6.07 Å². The molecule has 2 N–H and O–H groups in total. The maximum Gasteiger partial charge on any atom is 0.264 e. The molecule has 2 fully saturated rings. The van der Waals surface area contributed by atoms with Gasteiger partial charge in [0.25, 0.3) is 5.56 Å². The van der Waals surface area contributed by atoms with E-state index in [-0.39, 0.29) is 35.3 Å². The van der Waals surface area contributed by atoms with Crippen molar-refractivity contribution in [1.82, 2.24) is 20.4 Å². The van der Waals surface area contributed by atoms with Gasteiger partial charge in [-0.25, -0.2) is 5.10 Å². The average Bonchev–Trinajstić information content (AvgIpc) is 2.74. The van der Waals surface area contributed by atoms with Crippen molar-refractivity contribution in [3.05, 3.63) is 28.2 Å². The van der Waals surface area contributed by atoms with Crippen molar-refractivity contribution < 1.29 is 14.3 Å². The zero-order chi connectivity index (χ0) is 19.9. The van der Waals surface area contributed by atoms with Crippen LogP contribution in [-0.4, -0.2) is 59.3 Å². The van der Waals surface area contributed by atoms with Crippen LogP contribution >= 0.6 is 0 Å². The molecule has 28 heavy (non-hydrogen) atoms. The lowest BCUT2D eigenvalue weighted by atomic mass is 9.88. The van der Waals surface area contributed by atoms with Gasteiger partial charge in [0, 0.05) is 57.2 Å². The highest BCUT2D eigenvalue weighted by molar-refractivity contribution is 5.79. The molecule has 2 amide bonds. The van der Waals surface area contributed by atoms with Crippen LogP contribution in [0.2, 0.25) is 0 Å². The smallest absolute Gasteiger partial charge is 0.264 e. The van der Waals surface area contributed by atoms with E-state index >= 15 is 0 Å². The highest BCUT2D eigenvalue weighted by Gasteiger charge is 2.33. The number of ether oxygens (including phenoxy) is 1. The molecular weight excluding hydrogens is 360 g/mol. The quantitative estimate of drug-likeness (QED) is 0.750. The molecule has 0 radical (unpaired) electrons. The molecule has 2 aliphatic rings. The Morgan fingerprint density at radius 2 is 2.07 bits per heavy atom. The Morgan fingerprint density at radius 1 is 1.29 bits per heavy atom. The first-order chi connectivity index (χ1) is 13.6. The predicted molar refractivity (Wildman–Crippen MR) is 104 cm³/mol. The lowest BCUT2D eigenvalue weighted by molar-refractivity contribution is -0.134. The Bertz CT molecular complexity index is 709. The number of aromatic amines is 1. The topological polar surface area (TPSA) is 104 Å². The second kappa shape index (κ2) is 9.82. The van der Waals surface area contributed by atoms with Gasteiger partial charge in [-0.05, 0) is 37.7 Å². The van der Waals surface area contributed by atoms with Gasteiger partial charge in [0.15, 0.2) is 0 Å². The molecule has 0 aromatic carbocycles. The molecule has 8 heteroatoms. The number of nitrogens with zero attached hydrogens (tertiary/aromatic N) is 2. The highest BCUT2D eigenvalue weighted by atomic mass is 16.5. The largest absolute Gasteiger partial charge is 0.381 e. The molecule has 2 atom stereocenters. The zero-order valence-corrected chi connectivity index (χ0v) is 16.5.